The molecular formula is C24H29N3O4S. The minimum atomic E-state index is -3.62. The van der Waals surface area contributed by atoms with Gasteiger partial charge in [0.2, 0.25) is 15.9 Å². The molecule has 2 aromatic rings. The van der Waals surface area contributed by atoms with Crippen LogP contribution in [-0.2, 0) is 14.8 Å². The van der Waals surface area contributed by atoms with E-state index in [2.05, 4.69) is 5.32 Å². The third-order valence-electron chi connectivity index (χ3n) is 6.18. The zero-order valence-corrected chi connectivity index (χ0v) is 18.9. The Morgan fingerprint density at radius 2 is 1.53 bits per heavy atom. The highest BCUT2D eigenvalue weighted by Gasteiger charge is 2.33. The number of amides is 2. The highest BCUT2D eigenvalue weighted by molar-refractivity contribution is 7.89. The summed E-state index contributed by atoms with van der Waals surface area (Å²) in [5.41, 5.74) is 1.22. The fraction of sp³-hybridized carbons (Fsp3) is 0.417. The molecule has 0 saturated carbocycles. The lowest BCUT2D eigenvalue weighted by atomic mass is 9.98. The van der Waals surface area contributed by atoms with Crippen LogP contribution >= 0.6 is 0 Å². The number of carbonyl (C=O) groups excluding carboxylic acids is 2. The maximum absolute atomic E-state index is 12.9. The summed E-state index contributed by atoms with van der Waals surface area (Å²) in [6, 6.07) is 15.3. The van der Waals surface area contributed by atoms with Gasteiger partial charge in [-0.25, -0.2) is 8.42 Å². The molecule has 1 atom stereocenters. The molecule has 2 amide bonds. The number of anilines is 1. The highest BCUT2D eigenvalue weighted by atomic mass is 32.2. The largest absolute Gasteiger partial charge is 0.339 e. The number of sulfonamides is 1. The van der Waals surface area contributed by atoms with Gasteiger partial charge in [-0.05, 0) is 68.5 Å². The normalized spacial score (nSPS) is 20.0. The minimum absolute atomic E-state index is 0.0246. The zero-order chi connectivity index (χ0) is 22.6. The number of likely N-dealkylation sites (tertiary alicyclic amines) is 1. The standard InChI is InChI=1S/C24H29N3O4S/c28-23(20-8-7-17-27(18-20)32(30,31)22-9-3-1-4-10-22)25-21-13-11-19(12-14-21)24(29)26-15-5-2-6-16-26/h1,3-4,9-14,20H,2,5-8,15-18H2,(H,25,28)/t20-/m1/s1. The van der Waals surface area contributed by atoms with Crippen LogP contribution in [0.3, 0.4) is 0 Å². The molecular weight excluding hydrogens is 426 g/mol. The van der Waals surface area contributed by atoms with Crippen molar-refractivity contribution in [3.05, 3.63) is 60.2 Å². The Labute approximate surface area is 189 Å². The average molecular weight is 456 g/mol. The highest BCUT2D eigenvalue weighted by Crippen LogP contribution is 2.25. The number of nitrogens with zero attached hydrogens (tertiary/aromatic N) is 2. The van der Waals surface area contributed by atoms with Gasteiger partial charge >= 0.3 is 0 Å². The topological polar surface area (TPSA) is 86.8 Å². The Kier molecular flexibility index (Phi) is 6.91. The first-order valence-electron chi connectivity index (χ1n) is 11.2. The maximum atomic E-state index is 12.9. The predicted octanol–water partition coefficient (Wildman–Crippen LogP) is 3.35. The van der Waals surface area contributed by atoms with Crippen LogP contribution in [-0.4, -0.2) is 55.6 Å². The lowest BCUT2D eigenvalue weighted by molar-refractivity contribution is -0.120. The van der Waals surface area contributed by atoms with Crippen molar-refractivity contribution in [2.75, 3.05) is 31.5 Å². The smallest absolute Gasteiger partial charge is 0.253 e. The van der Waals surface area contributed by atoms with Crippen molar-refractivity contribution in [2.24, 2.45) is 5.92 Å². The fourth-order valence-corrected chi connectivity index (χ4v) is 5.88. The molecule has 8 heteroatoms. The first-order valence-corrected chi connectivity index (χ1v) is 12.6. The monoisotopic (exact) mass is 455 g/mol. The second-order valence-corrected chi connectivity index (χ2v) is 10.4. The lowest BCUT2D eigenvalue weighted by Crippen LogP contribution is -2.43. The third-order valence-corrected chi connectivity index (χ3v) is 8.06. The van der Waals surface area contributed by atoms with Crippen LogP contribution in [0, 0.1) is 5.92 Å². The summed E-state index contributed by atoms with van der Waals surface area (Å²) in [5.74, 6) is -0.596. The maximum Gasteiger partial charge on any atom is 0.253 e. The molecule has 32 heavy (non-hydrogen) atoms. The van der Waals surface area contributed by atoms with Crippen LogP contribution in [0.2, 0.25) is 0 Å². The molecule has 2 aliphatic rings. The van der Waals surface area contributed by atoms with Crippen LogP contribution in [0.25, 0.3) is 0 Å². The van der Waals surface area contributed by atoms with E-state index < -0.39 is 15.9 Å². The Balaban J connectivity index is 1.37. The number of hydrogen-bond donors (Lipinski definition) is 1. The summed E-state index contributed by atoms with van der Waals surface area (Å²) in [6.07, 6.45) is 4.52. The minimum Gasteiger partial charge on any atom is -0.339 e. The fourth-order valence-electron chi connectivity index (χ4n) is 4.34. The molecule has 0 unspecified atom stereocenters. The third kappa shape index (κ3) is 5.02. The molecule has 0 spiro atoms. The molecule has 1 N–H and O–H groups in total. The molecule has 2 fully saturated rings. The van der Waals surface area contributed by atoms with Crippen LogP contribution in [0.15, 0.2) is 59.5 Å². The van der Waals surface area contributed by atoms with E-state index in [0.29, 0.717) is 30.6 Å². The van der Waals surface area contributed by atoms with E-state index in [1.54, 1.807) is 54.6 Å². The van der Waals surface area contributed by atoms with Crippen molar-refractivity contribution in [1.82, 2.24) is 9.21 Å². The second kappa shape index (κ2) is 9.83. The number of rotatable bonds is 5. The summed E-state index contributed by atoms with van der Waals surface area (Å²) < 4.78 is 27.2. The summed E-state index contributed by atoms with van der Waals surface area (Å²) in [7, 11) is -3.62. The Hall–Kier alpha value is -2.71. The van der Waals surface area contributed by atoms with E-state index in [1.165, 1.54) is 10.7 Å². The van der Waals surface area contributed by atoms with Crippen molar-refractivity contribution < 1.29 is 18.0 Å². The first kappa shape index (κ1) is 22.5. The molecule has 2 saturated heterocycles. The van der Waals surface area contributed by atoms with Crippen LogP contribution < -0.4 is 5.32 Å². The number of nitrogens with one attached hydrogen (secondary N) is 1. The van der Waals surface area contributed by atoms with Crippen LogP contribution in [0.5, 0.6) is 0 Å². The van der Waals surface area contributed by atoms with E-state index >= 15 is 0 Å². The van der Waals surface area contributed by atoms with Gasteiger partial charge in [0, 0.05) is 37.4 Å². The molecule has 0 radical (unpaired) electrons. The second-order valence-electron chi connectivity index (χ2n) is 8.43. The van der Waals surface area contributed by atoms with Gasteiger partial charge in [0.15, 0.2) is 0 Å². The predicted molar refractivity (Wildman–Crippen MR) is 123 cm³/mol. The van der Waals surface area contributed by atoms with Gasteiger partial charge in [0.05, 0.1) is 10.8 Å². The number of carbonyl (C=O) groups is 2. The molecule has 4 rings (SSSR count). The van der Waals surface area contributed by atoms with Crippen LogP contribution in [0.1, 0.15) is 42.5 Å². The van der Waals surface area contributed by atoms with Gasteiger partial charge in [-0.3, -0.25) is 9.59 Å². The molecule has 7 nitrogen and oxygen atoms in total. The number of piperidine rings is 2. The van der Waals surface area contributed by atoms with Crippen LogP contribution in [0.4, 0.5) is 5.69 Å². The summed E-state index contributed by atoms with van der Waals surface area (Å²) in [4.78, 5) is 27.6. The first-order chi connectivity index (χ1) is 15.4. The van der Waals surface area contributed by atoms with Gasteiger partial charge < -0.3 is 10.2 Å². The molecule has 2 aromatic carbocycles. The zero-order valence-electron chi connectivity index (χ0n) is 18.1. The van der Waals surface area contributed by atoms with Crippen molar-refractivity contribution in [3.63, 3.8) is 0 Å². The van der Waals surface area contributed by atoms with Gasteiger partial charge in [-0.2, -0.15) is 4.31 Å². The quantitative estimate of drug-likeness (QED) is 0.749. The van der Waals surface area contributed by atoms with Gasteiger partial charge in [-0.1, -0.05) is 18.2 Å². The molecule has 2 heterocycles. The average Bonchev–Trinajstić information content (AvgIpc) is 2.85. The van der Waals surface area contributed by atoms with E-state index in [9.17, 15) is 18.0 Å². The van der Waals surface area contributed by atoms with E-state index in [0.717, 1.165) is 25.9 Å². The SMILES string of the molecule is O=C(Nc1ccc(C(=O)N2CCCCC2)cc1)[C@@H]1CCCN(S(=O)(=O)c2ccccc2)C1. The summed E-state index contributed by atoms with van der Waals surface area (Å²) >= 11 is 0. The summed E-state index contributed by atoms with van der Waals surface area (Å²) in [5, 5.41) is 2.88. The van der Waals surface area contributed by atoms with Gasteiger partial charge in [0.1, 0.15) is 0 Å². The van der Waals surface area contributed by atoms with Crippen molar-refractivity contribution in [1.29, 1.82) is 0 Å². The number of benzene rings is 2. The molecule has 0 aromatic heterocycles. The Morgan fingerprint density at radius 1 is 0.844 bits per heavy atom. The molecule has 0 bridgehead atoms. The van der Waals surface area contributed by atoms with Gasteiger partial charge in [-0.15, -0.1) is 0 Å². The van der Waals surface area contributed by atoms with E-state index in [-0.39, 0.29) is 23.3 Å². The van der Waals surface area contributed by atoms with Crippen molar-refractivity contribution >= 4 is 27.5 Å². The van der Waals surface area contributed by atoms with Crippen molar-refractivity contribution in [2.45, 2.75) is 37.0 Å². The van der Waals surface area contributed by atoms with E-state index in [1.807, 2.05) is 4.90 Å². The van der Waals surface area contributed by atoms with E-state index in [4.69, 9.17) is 0 Å². The molecule has 0 aliphatic carbocycles. The summed E-state index contributed by atoms with van der Waals surface area (Å²) in [6.45, 7) is 2.16. The number of hydrogen-bond acceptors (Lipinski definition) is 4. The Bertz CT molecular complexity index is 1050. The lowest BCUT2D eigenvalue weighted by Gasteiger charge is -2.31. The van der Waals surface area contributed by atoms with Crippen molar-refractivity contribution in [3.8, 4) is 0 Å². The Morgan fingerprint density at radius 3 is 2.22 bits per heavy atom. The molecule has 2 aliphatic heterocycles. The molecule has 170 valence electrons. The van der Waals surface area contributed by atoms with Gasteiger partial charge in [0.25, 0.3) is 5.91 Å².